The van der Waals surface area contributed by atoms with E-state index < -0.39 is 5.97 Å². The molecule has 0 saturated carbocycles. The predicted octanol–water partition coefficient (Wildman–Crippen LogP) is 1.02. The summed E-state index contributed by atoms with van der Waals surface area (Å²) < 4.78 is 0. The molecule has 0 radical (unpaired) electrons. The van der Waals surface area contributed by atoms with Crippen LogP contribution in [0.5, 0.6) is 0 Å². The van der Waals surface area contributed by atoms with E-state index in [1.165, 1.54) is 24.7 Å². The molecule has 3 aromatic rings. The number of carboxylic acid groups (broad SMARTS) is 1. The van der Waals surface area contributed by atoms with E-state index in [4.69, 9.17) is 5.11 Å². The van der Waals surface area contributed by atoms with Crippen molar-refractivity contribution >= 4 is 22.8 Å². The molecule has 1 aromatic carbocycles. The van der Waals surface area contributed by atoms with Gasteiger partial charge < -0.3 is 15.4 Å². The number of hydrogen-bond acceptors (Lipinski definition) is 6. The Labute approximate surface area is 123 Å². The molecule has 8 nitrogen and oxygen atoms in total. The molecule has 3 rings (SSSR count). The van der Waals surface area contributed by atoms with Crippen LogP contribution in [0.25, 0.3) is 11.2 Å². The maximum Gasteiger partial charge on any atom is 0.335 e. The molecule has 0 atom stereocenters. The summed E-state index contributed by atoms with van der Waals surface area (Å²) in [7, 11) is 0. The maximum atomic E-state index is 11.6. The molecular weight excluding hydrogens is 286 g/mol. The van der Waals surface area contributed by atoms with Crippen LogP contribution in [0, 0.1) is 0 Å². The standard InChI is InChI=1S/C14H11N5O3/c20-13-11-12(17-7-18-13)16-6-10(19-11)5-15-9-3-1-8(2-4-9)14(21)22/h1-4,6-7,15H,5H2,(H,21,22)(H,16,17,18,20). The quantitative estimate of drug-likeness (QED) is 0.657. The first kappa shape index (κ1) is 13.7. The number of aromatic nitrogens is 4. The number of aromatic amines is 1. The Morgan fingerprint density at radius 3 is 2.73 bits per heavy atom. The Morgan fingerprint density at radius 1 is 1.23 bits per heavy atom. The fourth-order valence-electron chi connectivity index (χ4n) is 1.89. The zero-order valence-corrected chi connectivity index (χ0v) is 11.3. The van der Waals surface area contributed by atoms with Crippen molar-refractivity contribution in [3.05, 3.63) is 58.4 Å². The molecule has 2 aromatic heterocycles. The number of hydrogen-bond donors (Lipinski definition) is 3. The van der Waals surface area contributed by atoms with Crippen molar-refractivity contribution < 1.29 is 9.90 Å². The number of carboxylic acids is 1. The van der Waals surface area contributed by atoms with Gasteiger partial charge in [0.1, 0.15) is 0 Å². The van der Waals surface area contributed by atoms with Crippen LogP contribution < -0.4 is 10.9 Å². The molecule has 22 heavy (non-hydrogen) atoms. The van der Waals surface area contributed by atoms with E-state index in [1.54, 1.807) is 12.1 Å². The van der Waals surface area contributed by atoms with E-state index in [0.29, 0.717) is 17.9 Å². The van der Waals surface area contributed by atoms with Gasteiger partial charge in [0.25, 0.3) is 5.56 Å². The third-order valence-corrected chi connectivity index (χ3v) is 3.01. The second-order valence-corrected chi connectivity index (χ2v) is 4.50. The third-order valence-electron chi connectivity index (χ3n) is 3.01. The summed E-state index contributed by atoms with van der Waals surface area (Å²) in [5, 5.41) is 11.9. The largest absolute Gasteiger partial charge is 0.478 e. The molecular formula is C14H11N5O3. The van der Waals surface area contributed by atoms with Crippen LogP contribution in [0.15, 0.2) is 41.6 Å². The van der Waals surface area contributed by atoms with Gasteiger partial charge in [0, 0.05) is 5.69 Å². The second-order valence-electron chi connectivity index (χ2n) is 4.50. The van der Waals surface area contributed by atoms with Crippen molar-refractivity contribution in [3.8, 4) is 0 Å². The first-order chi connectivity index (χ1) is 10.6. The molecule has 0 aliphatic heterocycles. The fourth-order valence-corrected chi connectivity index (χ4v) is 1.89. The number of aromatic carboxylic acids is 1. The summed E-state index contributed by atoms with van der Waals surface area (Å²) in [5.74, 6) is -0.973. The highest BCUT2D eigenvalue weighted by Crippen LogP contribution is 2.11. The highest BCUT2D eigenvalue weighted by atomic mass is 16.4. The van der Waals surface area contributed by atoms with Gasteiger partial charge in [-0.3, -0.25) is 4.79 Å². The molecule has 0 amide bonds. The number of H-pyrrole nitrogens is 1. The van der Waals surface area contributed by atoms with Gasteiger partial charge in [-0.05, 0) is 24.3 Å². The maximum absolute atomic E-state index is 11.6. The van der Waals surface area contributed by atoms with Crippen LogP contribution in [0.4, 0.5) is 5.69 Å². The number of benzene rings is 1. The molecule has 0 spiro atoms. The fraction of sp³-hybridized carbons (Fsp3) is 0.0714. The predicted molar refractivity (Wildman–Crippen MR) is 78.7 cm³/mol. The van der Waals surface area contributed by atoms with Gasteiger partial charge in [-0.2, -0.15) is 0 Å². The summed E-state index contributed by atoms with van der Waals surface area (Å²) in [6, 6.07) is 6.33. The molecule has 0 saturated heterocycles. The van der Waals surface area contributed by atoms with Crippen molar-refractivity contribution in [2.45, 2.75) is 6.54 Å². The number of carbonyl (C=O) groups is 1. The monoisotopic (exact) mass is 297 g/mol. The molecule has 0 aliphatic rings. The summed E-state index contributed by atoms with van der Waals surface area (Å²) in [6.07, 6.45) is 2.81. The van der Waals surface area contributed by atoms with Gasteiger partial charge in [0.2, 0.25) is 0 Å². The van der Waals surface area contributed by atoms with Gasteiger partial charge >= 0.3 is 5.97 Å². The Bertz CT molecular complexity index is 889. The van der Waals surface area contributed by atoms with Crippen molar-refractivity contribution in [1.29, 1.82) is 0 Å². The lowest BCUT2D eigenvalue weighted by Gasteiger charge is -2.06. The van der Waals surface area contributed by atoms with Crippen molar-refractivity contribution in [1.82, 2.24) is 19.9 Å². The van der Waals surface area contributed by atoms with Gasteiger partial charge in [-0.25, -0.2) is 19.7 Å². The summed E-state index contributed by atoms with van der Waals surface area (Å²) in [6.45, 7) is 0.351. The first-order valence-corrected chi connectivity index (χ1v) is 6.40. The van der Waals surface area contributed by atoms with E-state index >= 15 is 0 Å². The second kappa shape index (κ2) is 5.60. The Hall–Kier alpha value is -3.29. The van der Waals surface area contributed by atoms with E-state index in [2.05, 4.69) is 25.3 Å². The first-order valence-electron chi connectivity index (χ1n) is 6.40. The lowest BCUT2D eigenvalue weighted by Crippen LogP contribution is -2.11. The van der Waals surface area contributed by atoms with E-state index in [9.17, 15) is 9.59 Å². The number of rotatable bonds is 4. The highest BCUT2D eigenvalue weighted by Gasteiger charge is 2.05. The van der Waals surface area contributed by atoms with Crippen LogP contribution in [-0.4, -0.2) is 31.0 Å². The zero-order valence-electron chi connectivity index (χ0n) is 11.3. The molecule has 0 aliphatic carbocycles. The highest BCUT2D eigenvalue weighted by molar-refractivity contribution is 5.88. The molecule has 0 fully saturated rings. The van der Waals surface area contributed by atoms with E-state index in [0.717, 1.165) is 5.69 Å². The van der Waals surface area contributed by atoms with Crippen LogP contribution in [0.1, 0.15) is 16.1 Å². The topological polar surface area (TPSA) is 121 Å². The van der Waals surface area contributed by atoms with Gasteiger partial charge in [0.15, 0.2) is 11.2 Å². The number of nitrogens with one attached hydrogen (secondary N) is 2. The Balaban J connectivity index is 1.77. The Morgan fingerprint density at radius 2 is 2.00 bits per heavy atom. The number of fused-ring (bicyclic) bond motifs is 1. The van der Waals surface area contributed by atoms with Crippen LogP contribution in [0.3, 0.4) is 0 Å². The molecule has 8 heteroatoms. The minimum atomic E-state index is -0.973. The summed E-state index contributed by atoms with van der Waals surface area (Å²) >= 11 is 0. The SMILES string of the molecule is O=C(O)c1ccc(NCc2cnc3nc[nH]c(=O)c3n2)cc1. The van der Waals surface area contributed by atoms with Crippen LogP contribution in [0.2, 0.25) is 0 Å². The average Bonchev–Trinajstić information content (AvgIpc) is 2.54. The third kappa shape index (κ3) is 2.75. The normalized spacial score (nSPS) is 10.5. The van der Waals surface area contributed by atoms with Gasteiger partial charge in [0.05, 0.1) is 30.3 Å². The van der Waals surface area contributed by atoms with Crippen LogP contribution in [-0.2, 0) is 6.54 Å². The minimum Gasteiger partial charge on any atom is -0.478 e. The lowest BCUT2D eigenvalue weighted by atomic mass is 10.2. The average molecular weight is 297 g/mol. The van der Waals surface area contributed by atoms with Gasteiger partial charge in [-0.1, -0.05) is 0 Å². The molecule has 2 heterocycles. The van der Waals surface area contributed by atoms with Crippen molar-refractivity contribution in [2.75, 3.05) is 5.32 Å². The zero-order chi connectivity index (χ0) is 15.5. The van der Waals surface area contributed by atoms with Crippen LogP contribution >= 0.6 is 0 Å². The van der Waals surface area contributed by atoms with Crippen molar-refractivity contribution in [2.24, 2.45) is 0 Å². The molecule has 0 bridgehead atoms. The van der Waals surface area contributed by atoms with Gasteiger partial charge in [-0.15, -0.1) is 0 Å². The lowest BCUT2D eigenvalue weighted by molar-refractivity contribution is 0.0697. The Kier molecular flexibility index (Phi) is 3.48. The summed E-state index contributed by atoms with van der Waals surface area (Å²) in [4.78, 5) is 37.1. The van der Waals surface area contributed by atoms with E-state index in [1.807, 2.05) is 0 Å². The van der Waals surface area contributed by atoms with E-state index in [-0.39, 0.29) is 16.6 Å². The number of anilines is 1. The molecule has 3 N–H and O–H groups in total. The number of nitrogens with zero attached hydrogens (tertiary/aromatic N) is 3. The minimum absolute atomic E-state index is 0.183. The smallest absolute Gasteiger partial charge is 0.335 e. The molecule has 0 unspecified atom stereocenters. The van der Waals surface area contributed by atoms with Crippen molar-refractivity contribution in [3.63, 3.8) is 0 Å². The molecule has 110 valence electrons. The summed E-state index contributed by atoms with van der Waals surface area (Å²) in [5.41, 5.74) is 1.67.